The summed E-state index contributed by atoms with van der Waals surface area (Å²) in [4.78, 5) is 2.62. The fraction of sp³-hybridized carbons (Fsp3) is 0.720. The molecule has 2 bridgehead atoms. The van der Waals surface area contributed by atoms with E-state index in [0.717, 1.165) is 62.6 Å². The Morgan fingerprint density at radius 2 is 2.00 bits per heavy atom. The Morgan fingerprint density at radius 3 is 2.70 bits per heavy atom. The van der Waals surface area contributed by atoms with Crippen LogP contribution >= 0.6 is 0 Å². The Morgan fingerprint density at radius 1 is 1.20 bits per heavy atom. The van der Waals surface area contributed by atoms with E-state index in [9.17, 15) is 10.3 Å². The zero-order chi connectivity index (χ0) is 20.6. The van der Waals surface area contributed by atoms with E-state index in [1.54, 1.807) is 7.11 Å². The van der Waals surface area contributed by atoms with E-state index in [2.05, 4.69) is 28.3 Å². The number of rotatable bonds is 3. The van der Waals surface area contributed by atoms with E-state index in [0.29, 0.717) is 6.42 Å². The zero-order valence-electron chi connectivity index (χ0n) is 18.1. The van der Waals surface area contributed by atoms with Crippen molar-refractivity contribution in [2.45, 2.75) is 81.3 Å². The molecule has 6 rings (SSSR count). The van der Waals surface area contributed by atoms with E-state index in [4.69, 9.17) is 4.74 Å². The summed E-state index contributed by atoms with van der Waals surface area (Å²) < 4.78 is 5.58. The summed E-state index contributed by atoms with van der Waals surface area (Å²) in [6.45, 7) is 2.15. The van der Waals surface area contributed by atoms with Crippen molar-refractivity contribution in [1.82, 2.24) is 4.90 Å². The lowest BCUT2D eigenvalue weighted by molar-refractivity contribution is -0.170. The number of hydrogen-bond donors (Lipinski definition) is 2. The Balaban J connectivity index is 1.52. The van der Waals surface area contributed by atoms with Crippen LogP contribution in [0.2, 0.25) is 0 Å². The molecule has 5 nitrogen and oxygen atoms in total. The van der Waals surface area contributed by atoms with Crippen LogP contribution in [0.15, 0.2) is 23.4 Å². The summed E-state index contributed by atoms with van der Waals surface area (Å²) in [5, 5.41) is 26.7. The Bertz CT molecular complexity index is 888. The average Bonchev–Trinajstić information content (AvgIpc) is 3.45. The van der Waals surface area contributed by atoms with E-state index >= 15 is 0 Å². The Labute approximate surface area is 179 Å². The Hall–Kier alpha value is -1.59. The molecular weight excluding hydrogens is 376 g/mol. The quantitative estimate of drug-likeness (QED) is 0.586. The van der Waals surface area contributed by atoms with Gasteiger partial charge in [0.2, 0.25) is 0 Å². The molecule has 30 heavy (non-hydrogen) atoms. The predicted molar refractivity (Wildman–Crippen MR) is 115 cm³/mol. The van der Waals surface area contributed by atoms with Crippen LogP contribution in [-0.4, -0.2) is 52.8 Å². The van der Waals surface area contributed by atoms with E-state index in [1.807, 2.05) is 0 Å². The van der Waals surface area contributed by atoms with Crippen LogP contribution in [-0.2, 0) is 11.8 Å². The van der Waals surface area contributed by atoms with Crippen molar-refractivity contribution in [3.05, 3.63) is 29.3 Å². The fourth-order valence-electron chi connectivity index (χ4n) is 7.73. The molecule has 0 amide bonds. The van der Waals surface area contributed by atoms with Crippen LogP contribution in [0.4, 0.5) is 0 Å². The fourth-order valence-corrected chi connectivity index (χ4v) is 7.73. The summed E-state index contributed by atoms with van der Waals surface area (Å²) in [5.41, 5.74) is 2.23. The minimum Gasteiger partial charge on any atom is -0.497 e. The molecule has 0 radical (unpaired) electrons. The third-order valence-electron chi connectivity index (χ3n) is 9.45. The first-order valence-corrected chi connectivity index (χ1v) is 11.9. The first-order chi connectivity index (χ1) is 14.5. The molecule has 3 saturated carbocycles. The minimum absolute atomic E-state index is 0.121. The topological polar surface area (TPSA) is 65.3 Å². The first kappa shape index (κ1) is 19.1. The number of nitrogens with zero attached hydrogens (tertiary/aromatic N) is 2. The van der Waals surface area contributed by atoms with Crippen LogP contribution in [0.3, 0.4) is 0 Å². The van der Waals surface area contributed by atoms with Gasteiger partial charge in [-0.05, 0) is 80.7 Å². The molecular formula is C25H34N2O3. The van der Waals surface area contributed by atoms with E-state index in [-0.39, 0.29) is 16.9 Å². The van der Waals surface area contributed by atoms with Crippen LogP contribution in [0.5, 0.6) is 5.75 Å². The number of hydrogen-bond acceptors (Lipinski definition) is 5. The number of piperidine rings is 1. The maximum atomic E-state index is 12.7. The predicted octanol–water partition coefficient (Wildman–Crippen LogP) is 3.89. The van der Waals surface area contributed by atoms with Crippen LogP contribution < -0.4 is 4.74 Å². The van der Waals surface area contributed by atoms with Gasteiger partial charge in [-0.2, -0.15) is 0 Å². The lowest BCUT2D eigenvalue weighted by atomic mass is 9.45. The van der Waals surface area contributed by atoms with Crippen molar-refractivity contribution in [2.75, 3.05) is 20.2 Å². The number of benzene rings is 1. The summed E-state index contributed by atoms with van der Waals surface area (Å²) in [5.74, 6) is 1.67. The SMILES string of the molecule is COc1ccc2c(c1)C13CCN(CC4CC4)C(C2)C1(O)CC1(CCCC1)/C(=N\O)C3. The molecule has 3 unspecified atom stereocenters. The summed E-state index contributed by atoms with van der Waals surface area (Å²) in [7, 11) is 1.71. The summed E-state index contributed by atoms with van der Waals surface area (Å²) >= 11 is 0. The molecule has 1 aromatic rings. The standard InChI is InChI=1S/C25H34N2O3/c1-30-19-7-6-18-12-22-25(28)16-23(8-2-3-9-23)21(26-29)14-24(25,20(18)13-19)10-11-27(22)15-17-4-5-17/h6-7,13,17,22,28-29H,2-5,8-12,14-16H2,1H3/b26-21-. The summed E-state index contributed by atoms with van der Waals surface area (Å²) in [6.07, 6.45) is 10.4. The van der Waals surface area contributed by atoms with Crippen LogP contribution in [0.25, 0.3) is 0 Å². The third kappa shape index (κ3) is 2.45. The maximum Gasteiger partial charge on any atom is 0.119 e. The van der Waals surface area contributed by atoms with Gasteiger partial charge in [-0.25, -0.2) is 0 Å². The first-order valence-electron chi connectivity index (χ1n) is 11.9. The van der Waals surface area contributed by atoms with Crippen molar-refractivity contribution < 1.29 is 15.1 Å². The molecule has 2 N–H and O–H groups in total. The van der Waals surface area contributed by atoms with E-state index < -0.39 is 5.60 Å². The second-order valence-electron chi connectivity index (χ2n) is 10.8. The van der Waals surface area contributed by atoms with Gasteiger partial charge in [0, 0.05) is 29.8 Å². The molecule has 162 valence electrons. The van der Waals surface area contributed by atoms with Gasteiger partial charge >= 0.3 is 0 Å². The zero-order valence-corrected chi connectivity index (χ0v) is 18.1. The highest BCUT2D eigenvalue weighted by Gasteiger charge is 2.69. The molecule has 4 fully saturated rings. The lowest BCUT2D eigenvalue weighted by Gasteiger charge is -2.66. The Kier molecular flexibility index (Phi) is 4.12. The molecule has 4 aliphatic carbocycles. The van der Waals surface area contributed by atoms with Crippen LogP contribution in [0, 0.1) is 11.3 Å². The second kappa shape index (κ2) is 6.46. The number of methoxy groups -OCH3 is 1. The molecule has 1 saturated heterocycles. The molecule has 1 aromatic carbocycles. The lowest BCUT2D eigenvalue weighted by Crippen LogP contribution is -2.75. The van der Waals surface area contributed by atoms with Gasteiger partial charge in [0.25, 0.3) is 0 Å². The van der Waals surface area contributed by atoms with Gasteiger partial charge in [-0.1, -0.05) is 24.1 Å². The maximum absolute atomic E-state index is 12.7. The highest BCUT2D eigenvalue weighted by atomic mass is 16.5. The minimum atomic E-state index is -0.780. The molecule has 1 aliphatic heterocycles. The monoisotopic (exact) mass is 410 g/mol. The largest absolute Gasteiger partial charge is 0.497 e. The van der Waals surface area contributed by atoms with Crippen molar-refractivity contribution >= 4 is 5.71 Å². The highest BCUT2D eigenvalue weighted by molar-refractivity contribution is 5.93. The van der Waals surface area contributed by atoms with Gasteiger partial charge in [-0.15, -0.1) is 0 Å². The highest BCUT2D eigenvalue weighted by Crippen LogP contribution is 2.64. The normalized spacial score (nSPS) is 38.5. The van der Waals surface area contributed by atoms with Gasteiger partial charge < -0.3 is 15.1 Å². The third-order valence-corrected chi connectivity index (χ3v) is 9.45. The number of aliphatic hydroxyl groups is 1. The summed E-state index contributed by atoms with van der Waals surface area (Å²) in [6, 6.07) is 6.59. The van der Waals surface area contributed by atoms with Gasteiger partial charge in [0.05, 0.1) is 18.4 Å². The molecule has 0 aromatic heterocycles. The van der Waals surface area contributed by atoms with Gasteiger partial charge in [-0.3, -0.25) is 4.90 Å². The van der Waals surface area contributed by atoms with Crippen molar-refractivity contribution in [1.29, 1.82) is 0 Å². The smallest absolute Gasteiger partial charge is 0.119 e. The number of likely N-dealkylation sites (tertiary alicyclic amines) is 1. The van der Waals surface area contributed by atoms with Gasteiger partial charge in [0.15, 0.2) is 0 Å². The number of fused-ring (bicyclic) bond motifs is 1. The van der Waals surface area contributed by atoms with Crippen molar-refractivity contribution in [3.63, 3.8) is 0 Å². The molecule has 5 heteroatoms. The van der Waals surface area contributed by atoms with Crippen molar-refractivity contribution in [2.24, 2.45) is 16.5 Å². The molecule has 1 heterocycles. The molecule has 1 spiro atoms. The van der Waals surface area contributed by atoms with Gasteiger partial charge in [0.1, 0.15) is 5.75 Å². The average molecular weight is 411 g/mol. The van der Waals surface area contributed by atoms with Crippen LogP contribution in [0.1, 0.15) is 68.9 Å². The number of oxime groups is 1. The van der Waals surface area contributed by atoms with Crippen molar-refractivity contribution in [3.8, 4) is 5.75 Å². The second-order valence-corrected chi connectivity index (χ2v) is 10.8. The number of ether oxygens (including phenoxy) is 1. The van der Waals surface area contributed by atoms with E-state index in [1.165, 1.54) is 36.8 Å². The molecule has 5 aliphatic rings. The molecule has 3 atom stereocenters.